The summed E-state index contributed by atoms with van der Waals surface area (Å²) in [6.07, 6.45) is 0.747. The average Bonchev–Trinajstić information content (AvgIpc) is 1.78. The summed E-state index contributed by atoms with van der Waals surface area (Å²) in [6, 6.07) is 0. The Morgan fingerprint density at radius 3 is 2.50 bits per heavy atom. The second kappa shape index (κ2) is 4.38. The molecule has 0 aliphatic carbocycles. The molecule has 0 atom stereocenters. The fourth-order valence-corrected chi connectivity index (χ4v) is 0.393. The highest BCUT2D eigenvalue weighted by atomic mass is 16.3. The normalized spacial score (nSPS) is 11.5. The van der Waals surface area contributed by atoms with Crippen molar-refractivity contribution in [3.05, 3.63) is 0 Å². The van der Waals surface area contributed by atoms with Gasteiger partial charge in [-0.15, -0.1) is 0 Å². The number of nitrogens with one attached hydrogen (secondary N) is 2. The molecule has 0 fully saturated rings. The molecule has 4 nitrogen and oxygen atoms in total. The van der Waals surface area contributed by atoms with Crippen molar-refractivity contribution in [3.63, 3.8) is 0 Å². The van der Waals surface area contributed by atoms with Crippen molar-refractivity contribution in [2.24, 2.45) is 0 Å². The number of aliphatic hydroxyl groups is 1. The maximum Gasteiger partial charge on any atom is 0.135 e. The quantitative estimate of drug-likeness (QED) is 0.266. The maximum absolute atomic E-state index is 9.76. The summed E-state index contributed by atoms with van der Waals surface area (Å²) in [5.41, 5.74) is 4.57. The van der Waals surface area contributed by atoms with Crippen LogP contribution in [-0.2, 0) is 4.79 Å². The minimum atomic E-state index is -0.740. The molecule has 0 aliphatic rings. The van der Waals surface area contributed by atoms with Gasteiger partial charge in [-0.2, -0.15) is 0 Å². The third kappa shape index (κ3) is 7.55. The molecule has 0 bridgehead atoms. The van der Waals surface area contributed by atoms with Gasteiger partial charge in [-0.3, -0.25) is 10.9 Å². The smallest absolute Gasteiger partial charge is 0.135 e. The zero-order valence-electron chi connectivity index (χ0n) is 6.35. The van der Waals surface area contributed by atoms with Gasteiger partial charge in [0, 0.05) is 6.54 Å². The van der Waals surface area contributed by atoms with Gasteiger partial charge in [0.1, 0.15) is 6.29 Å². The average molecular weight is 146 g/mol. The van der Waals surface area contributed by atoms with E-state index in [1.54, 1.807) is 13.8 Å². The minimum absolute atomic E-state index is 0.260. The van der Waals surface area contributed by atoms with E-state index in [4.69, 9.17) is 5.11 Å². The molecule has 10 heavy (non-hydrogen) atoms. The molecule has 3 N–H and O–H groups in total. The lowest BCUT2D eigenvalue weighted by molar-refractivity contribution is -0.107. The summed E-state index contributed by atoms with van der Waals surface area (Å²) >= 11 is 0. The van der Waals surface area contributed by atoms with Gasteiger partial charge in [-0.05, 0) is 13.8 Å². The van der Waals surface area contributed by atoms with E-state index < -0.39 is 5.60 Å². The first-order valence-corrected chi connectivity index (χ1v) is 3.18. The van der Waals surface area contributed by atoms with Crippen LogP contribution in [0.3, 0.4) is 0 Å². The predicted molar refractivity (Wildman–Crippen MR) is 38.4 cm³/mol. The molecule has 0 aliphatic heterocycles. The summed E-state index contributed by atoms with van der Waals surface area (Å²) in [5, 5.41) is 9.13. The van der Waals surface area contributed by atoms with Crippen LogP contribution in [0.5, 0.6) is 0 Å². The Bertz CT molecular complexity index is 98.4. The summed E-state index contributed by atoms with van der Waals surface area (Å²) < 4.78 is 0. The van der Waals surface area contributed by atoms with Crippen molar-refractivity contribution < 1.29 is 9.90 Å². The molecule has 60 valence electrons. The zero-order chi connectivity index (χ0) is 8.04. The Labute approximate surface area is 60.6 Å². The van der Waals surface area contributed by atoms with Crippen LogP contribution in [0.2, 0.25) is 0 Å². The largest absolute Gasteiger partial charge is 0.389 e. The molecule has 0 heterocycles. The molecule has 0 aromatic carbocycles. The molecule has 0 aromatic heterocycles. The Balaban J connectivity index is 3.12. The van der Waals surface area contributed by atoms with Crippen molar-refractivity contribution in [1.82, 2.24) is 10.9 Å². The number of carbonyl (C=O) groups excluding carboxylic acids is 1. The lowest BCUT2D eigenvalue weighted by atomic mass is 10.1. The monoisotopic (exact) mass is 146 g/mol. The van der Waals surface area contributed by atoms with E-state index in [0.717, 1.165) is 6.29 Å². The first-order chi connectivity index (χ1) is 4.56. The Morgan fingerprint density at radius 2 is 2.10 bits per heavy atom. The van der Waals surface area contributed by atoms with Crippen LogP contribution in [-0.4, -0.2) is 30.1 Å². The van der Waals surface area contributed by atoms with Crippen LogP contribution < -0.4 is 10.9 Å². The topological polar surface area (TPSA) is 61.4 Å². The van der Waals surface area contributed by atoms with Gasteiger partial charge in [-0.25, -0.2) is 0 Å². The number of hydrogen-bond donors (Lipinski definition) is 3. The highest BCUT2D eigenvalue weighted by Gasteiger charge is 2.10. The Hall–Kier alpha value is -0.450. The maximum atomic E-state index is 9.76. The van der Waals surface area contributed by atoms with E-state index in [1.165, 1.54) is 0 Å². The lowest BCUT2D eigenvalue weighted by Crippen LogP contribution is -2.43. The molecule has 0 rings (SSSR count). The summed E-state index contributed by atoms with van der Waals surface area (Å²) in [5.74, 6) is 0. The lowest BCUT2D eigenvalue weighted by Gasteiger charge is -2.17. The van der Waals surface area contributed by atoms with Crippen LogP contribution in [0.15, 0.2) is 0 Å². The first kappa shape index (κ1) is 9.55. The molecule has 0 spiro atoms. The number of carbonyl (C=O) groups is 1. The third-order valence-electron chi connectivity index (χ3n) is 0.831. The van der Waals surface area contributed by atoms with Gasteiger partial charge in [-0.1, -0.05) is 0 Å². The molecule has 0 unspecified atom stereocenters. The fraction of sp³-hybridized carbons (Fsp3) is 0.833. The van der Waals surface area contributed by atoms with Crippen molar-refractivity contribution in [2.45, 2.75) is 19.4 Å². The van der Waals surface area contributed by atoms with Gasteiger partial charge < -0.3 is 9.90 Å². The standard InChI is InChI=1S/C6H14N2O2/c1-6(2,10)5-8-7-3-4-9/h4,7-8,10H,3,5H2,1-2H3. The van der Waals surface area contributed by atoms with E-state index in [1.807, 2.05) is 0 Å². The third-order valence-corrected chi connectivity index (χ3v) is 0.831. The predicted octanol–water partition coefficient (Wildman–Crippen LogP) is -0.950. The van der Waals surface area contributed by atoms with Crippen molar-refractivity contribution >= 4 is 6.29 Å². The van der Waals surface area contributed by atoms with Gasteiger partial charge in [0.15, 0.2) is 0 Å². The Morgan fingerprint density at radius 1 is 1.50 bits per heavy atom. The molecule has 0 amide bonds. The fourth-order valence-electron chi connectivity index (χ4n) is 0.393. The van der Waals surface area contributed by atoms with E-state index in [2.05, 4.69) is 10.9 Å². The van der Waals surface area contributed by atoms with Gasteiger partial charge in [0.25, 0.3) is 0 Å². The van der Waals surface area contributed by atoms with E-state index in [-0.39, 0.29) is 6.54 Å². The van der Waals surface area contributed by atoms with Crippen molar-refractivity contribution in [3.8, 4) is 0 Å². The summed E-state index contributed by atoms with van der Waals surface area (Å²) in [4.78, 5) is 9.76. The van der Waals surface area contributed by atoms with Gasteiger partial charge >= 0.3 is 0 Å². The second-order valence-electron chi connectivity index (χ2n) is 2.71. The van der Waals surface area contributed by atoms with E-state index >= 15 is 0 Å². The van der Waals surface area contributed by atoms with Crippen LogP contribution in [0.1, 0.15) is 13.8 Å². The second-order valence-corrected chi connectivity index (χ2v) is 2.71. The van der Waals surface area contributed by atoms with Crippen molar-refractivity contribution in [1.29, 1.82) is 0 Å². The molecule has 4 heteroatoms. The summed E-state index contributed by atoms with van der Waals surface area (Å²) in [6.45, 7) is 4.04. The number of hydrogen-bond acceptors (Lipinski definition) is 4. The number of rotatable bonds is 5. The van der Waals surface area contributed by atoms with E-state index in [0.29, 0.717) is 6.54 Å². The Kier molecular flexibility index (Phi) is 4.18. The molecule has 0 radical (unpaired) electrons. The summed E-state index contributed by atoms with van der Waals surface area (Å²) in [7, 11) is 0. The molecule has 0 saturated heterocycles. The first-order valence-electron chi connectivity index (χ1n) is 3.18. The highest BCUT2D eigenvalue weighted by molar-refractivity contribution is 5.51. The van der Waals surface area contributed by atoms with Gasteiger partial charge in [0.2, 0.25) is 0 Å². The van der Waals surface area contributed by atoms with Crippen LogP contribution >= 0.6 is 0 Å². The molecule has 0 aromatic rings. The highest BCUT2D eigenvalue weighted by Crippen LogP contribution is 1.95. The van der Waals surface area contributed by atoms with E-state index in [9.17, 15) is 4.79 Å². The number of aldehydes is 1. The number of hydrazine groups is 1. The van der Waals surface area contributed by atoms with Crippen molar-refractivity contribution in [2.75, 3.05) is 13.1 Å². The van der Waals surface area contributed by atoms with Crippen LogP contribution in [0.25, 0.3) is 0 Å². The van der Waals surface area contributed by atoms with Gasteiger partial charge in [0.05, 0.1) is 12.1 Å². The molecular weight excluding hydrogens is 132 g/mol. The molecule has 0 saturated carbocycles. The minimum Gasteiger partial charge on any atom is -0.389 e. The zero-order valence-corrected chi connectivity index (χ0v) is 6.35. The van der Waals surface area contributed by atoms with Crippen LogP contribution in [0.4, 0.5) is 0 Å². The SMILES string of the molecule is CC(C)(O)CNNCC=O. The molecular formula is C6H14N2O2. The van der Waals surface area contributed by atoms with Crippen LogP contribution in [0, 0.1) is 0 Å².